The van der Waals surface area contributed by atoms with E-state index in [1.807, 2.05) is 17.2 Å². The Bertz CT molecular complexity index is 349. The quantitative estimate of drug-likeness (QED) is 0.730. The van der Waals surface area contributed by atoms with Crippen molar-refractivity contribution in [2.45, 2.75) is 17.6 Å². The van der Waals surface area contributed by atoms with Crippen molar-refractivity contribution in [1.29, 1.82) is 10.5 Å². The molecule has 0 aromatic carbocycles. The maximum Gasteiger partial charge on any atom is 0.235 e. The van der Waals surface area contributed by atoms with Gasteiger partial charge in [0.1, 0.15) is 11.3 Å². The van der Waals surface area contributed by atoms with Gasteiger partial charge in [0, 0.05) is 13.1 Å². The van der Waals surface area contributed by atoms with E-state index in [-0.39, 0.29) is 17.2 Å². The van der Waals surface area contributed by atoms with Crippen LogP contribution in [0, 0.1) is 22.7 Å². The first-order chi connectivity index (χ1) is 8.15. The van der Waals surface area contributed by atoms with Crippen LogP contribution in [0.1, 0.15) is 12.8 Å². The molecule has 1 aliphatic heterocycles. The van der Waals surface area contributed by atoms with E-state index < -0.39 is 0 Å². The third-order valence-electron chi connectivity index (χ3n) is 2.99. The van der Waals surface area contributed by atoms with Crippen LogP contribution in [-0.4, -0.2) is 48.0 Å². The topological polar surface area (TPSA) is 79.9 Å². The number of hydrogen-bond donors (Lipinski definition) is 1. The van der Waals surface area contributed by atoms with Crippen LogP contribution in [0.4, 0.5) is 0 Å². The van der Waals surface area contributed by atoms with Crippen molar-refractivity contribution >= 4 is 17.7 Å². The second kappa shape index (κ2) is 6.48. The molecule has 0 spiro atoms. The number of rotatable bonds is 4. The first-order valence-electron chi connectivity index (χ1n) is 5.48. The third-order valence-corrected chi connectivity index (χ3v) is 4.27. The maximum atomic E-state index is 11.4. The Labute approximate surface area is 106 Å². The van der Waals surface area contributed by atoms with Crippen molar-refractivity contribution in [2.24, 2.45) is 0 Å². The molecule has 1 N–H and O–H groups in total. The molecule has 17 heavy (non-hydrogen) atoms. The summed E-state index contributed by atoms with van der Waals surface area (Å²) in [5.74, 6) is -0.125. The summed E-state index contributed by atoms with van der Waals surface area (Å²) in [6.45, 7) is 1.89. The van der Waals surface area contributed by atoms with Gasteiger partial charge in [0.05, 0.1) is 18.7 Å². The van der Waals surface area contributed by atoms with Crippen LogP contribution in [0.2, 0.25) is 0 Å². The lowest BCUT2D eigenvalue weighted by Crippen LogP contribution is -2.45. The highest BCUT2D eigenvalue weighted by Crippen LogP contribution is 2.33. The predicted octanol–water partition coefficient (Wildman–Crippen LogP) is 0.347. The molecule has 1 heterocycles. The van der Waals surface area contributed by atoms with Crippen molar-refractivity contribution in [3.63, 3.8) is 0 Å². The molecule has 0 unspecified atom stereocenters. The number of thioether (sulfide) groups is 1. The fourth-order valence-corrected chi connectivity index (χ4v) is 2.51. The van der Waals surface area contributed by atoms with E-state index in [1.165, 1.54) is 0 Å². The minimum Gasteiger partial charge on any atom is -0.342 e. The Morgan fingerprint density at radius 3 is 2.59 bits per heavy atom. The highest BCUT2D eigenvalue weighted by Gasteiger charge is 2.34. The van der Waals surface area contributed by atoms with Crippen LogP contribution in [0.15, 0.2) is 0 Å². The number of nitrogens with zero attached hydrogens (tertiary/aromatic N) is 3. The molecule has 0 aliphatic carbocycles. The molecule has 0 radical (unpaired) electrons. The zero-order valence-corrected chi connectivity index (χ0v) is 10.7. The Balaban J connectivity index is 2.36. The summed E-state index contributed by atoms with van der Waals surface area (Å²) in [7, 11) is 0. The van der Waals surface area contributed by atoms with Crippen LogP contribution in [0.25, 0.3) is 0 Å². The van der Waals surface area contributed by atoms with Crippen molar-refractivity contribution < 1.29 is 4.79 Å². The predicted molar refractivity (Wildman–Crippen MR) is 66.2 cm³/mol. The molecular weight excluding hydrogens is 236 g/mol. The number of carbonyl (C=O) groups excluding carboxylic acids is 1. The minimum absolute atomic E-state index is 0.0552. The van der Waals surface area contributed by atoms with Gasteiger partial charge in [-0.3, -0.25) is 9.69 Å². The van der Waals surface area contributed by atoms with Gasteiger partial charge in [-0.25, -0.2) is 0 Å². The molecule has 6 heteroatoms. The summed E-state index contributed by atoms with van der Waals surface area (Å²) < 4.78 is -0.278. The number of hydrogen-bond acceptors (Lipinski definition) is 5. The molecule has 0 bridgehead atoms. The molecule has 5 nitrogen and oxygen atoms in total. The summed E-state index contributed by atoms with van der Waals surface area (Å²) in [4.78, 5) is 13.4. The molecule has 1 fully saturated rings. The molecular formula is C11H16N4OS. The summed E-state index contributed by atoms with van der Waals surface area (Å²) in [6.07, 6.45) is 3.53. The van der Waals surface area contributed by atoms with Gasteiger partial charge in [-0.15, -0.1) is 11.8 Å². The highest BCUT2D eigenvalue weighted by molar-refractivity contribution is 8.00. The normalized spacial score (nSPS) is 19.0. The largest absolute Gasteiger partial charge is 0.342 e. The van der Waals surface area contributed by atoms with E-state index in [1.54, 1.807) is 11.8 Å². The number of likely N-dealkylation sites (tertiary alicyclic amines) is 1. The van der Waals surface area contributed by atoms with Gasteiger partial charge in [-0.2, -0.15) is 10.5 Å². The van der Waals surface area contributed by atoms with E-state index in [0.717, 1.165) is 25.9 Å². The molecule has 1 saturated heterocycles. The number of carbonyl (C=O) groups is 1. The second-order valence-corrected chi connectivity index (χ2v) is 5.21. The van der Waals surface area contributed by atoms with Gasteiger partial charge >= 0.3 is 0 Å². The number of nitriles is 2. The molecule has 1 amide bonds. The molecule has 1 rings (SSSR count). The van der Waals surface area contributed by atoms with Gasteiger partial charge in [-0.1, -0.05) is 0 Å². The molecule has 1 aliphatic rings. The summed E-state index contributed by atoms with van der Waals surface area (Å²) in [5.41, 5.74) is 0. The van der Waals surface area contributed by atoms with Crippen LogP contribution in [0.5, 0.6) is 0 Å². The molecule has 0 aromatic rings. The van der Waals surface area contributed by atoms with Gasteiger partial charge in [0.2, 0.25) is 5.91 Å². The van der Waals surface area contributed by atoms with Crippen molar-refractivity contribution in [2.75, 3.05) is 32.4 Å². The number of nitrogens with one attached hydrogen (secondary N) is 1. The number of amides is 1. The minimum atomic E-state index is -0.278. The standard InChI is InChI=1S/C11H16N4OS/c1-17-11(9-13)2-6-15(7-3-11)8-10(16)14-5-4-12/h2-3,5-8H2,1H3,(H,14,16). The fraction of sp³-hybridized carbons (Fsp3) is 0.727. The van der Waals surface area contributed by atoms with Gasteiger partial charge < -0.3 is 5.32 Å². The maximum absolute atomic E-state index is 11.4. The summed E-state index contributed by atoms with van der Waals surface area (Å²) >= 11 is 1.60. The fourth-order valence-electron chi connectivity index (χ4n) is 1.83. The summed E-state index contributed by atoms with van der Waals surface area (Å²) in [5, 5.41) is 20.0. The third kappa shape index (κ3) is 3.92. The van der Waals surface area contributed by atoms with Gasteiger partial charge in [0.25, 0.3) is 0 Å². The average Bonchev–Trinajstić information content (AvgIpc) is 2.38. The average molecular weight is 252 g/mol. The lowest BCUT2D eigenvalue weighted by atomic mass is 9.97. The smallest absolute Gasteiger partial charge is 0.235 e. The van der Waals surface area contributed by atoms with Crippen molar-refractivity contribution in [3.05, 3.63) is 0 Å². The Kier molecular flexibility index (Phi) is 5.27. The zero-order chi connectivity index (χ0) is 12.7. The molecule has 0 saturated carbocycles. The van der Waals surface area contributed by atoms with Crippen molar-refractivity contribution in [3.8, 4) is 12.1 Å². The highest BCUT2D eigenvalue weighted by atomic mass is 32.2. The monoisotopic (exact) mass is 252 g/mol. The SMILES string of the molecule is CSC1(C#N)CCN(CC(=O)NCC#N)CC1. The molecule has 0 aromatic heterocycles. The van der Waals surface area contributed by atoms with E-state index >= 15 is 0 Å². The number of piperidine rings is 1. The Morgan fingerprint density at radius 1 is 1.47 bits per heavy atom. The molecule has 92 valence electrons. The van der Waals surface area contributed by atoms with Crippen LogP contribution in [-0.2, 0) is 4.79 Å². The van der Waals surface area contributed by atoms with Gasteiger partial charge in [-0.05, 0) is 19.1 Å². The van der Waals surface area contributed by atoms with Gasteiger partial charge in [0.15, 0.2) is 0 Å². The second-order valence-electron chi connectivity index (χ2n) is 4.02. The van der Waals surface area contributed by atoms with Crippen molar-refractivity contribution in [1.82, 2.24) is 10.2 Å². The Morgan fingerprint density at radius 2 is 2.12 bits per heavy atom. The summed E-state index contributed by atoms with van der Waals surface area (Å²) in [6, 6.07) is 4.24. The van der Waals surface area contributed by atoms with Crippen LogP contribution in [0.3, 0.4) is 0 Å². The molecule has 0 atom stereocenters. The Hall–Kier alpha value is -1.24. The van der Waals surface area contributed by atoms with E-state index in [4.69, 9.17) is 10.5 Å². The first-order valence-corrected chi connectivity index (χ1v) is 6.70. The lowest BCUT2D eigenvalue weighted by molar-refractivity contribution is -0.122. The zero-order valence-electron chi connectivity index (χ0n) is 9.90. The van der Waals surface area contributed by atoms with E-state index in [9.17, 15) is 4.79 Å². The van der Waals surface area contributed by atoms with E-state index in [2.05, 4.69) is 11.4 Å². The van der Waals surface area contributed by atoms with Crippen LogP contribution < -0.4 is 5.32 Å². The first kappa shape index (κ1) is 13.8. The van der Waals surface area contributed by atoms with E-state index in [0.29, 0.717) is 6.54 Å². The lowest BCUT2D eigenvalue weighted by Gasteiger charge is -2.35. The van der Waals surface area contributed by atoms with Crippen LogP contribution >= 0.6 is 11.8 Å².